The first kappa shape index (κ1) is 18.6. The molecule has 134 valence electrons. The monoisotopic (exact) mass is 343 g/mol. The number of carbonyl (C=O) groups excluding carboxylic acids is 1. The van der Waals surface area contributed by atoms with E-state index < -0.39 is 0 Å². The summed E-state index contributed by atoms with van der Waals surface area (Å²) in [4.78, 5) is 12.2. The third-order valence-electron chi connectivity index (χ3n) is 4.08. The van der Waals surface area contributed by atoms with E-state index in [1.165, 1.54) is 0 Å². The van der Waals surface area contributed by atoms with Crippen molar-refractivity contribution in [2.75, 3.05) is 21.3 Å². The summed E-state index contributed by atoms with van der Waals surface area (Å²) in [7, 11) is 4.85. The molecule has 0 bridgehead atoms. The summed E-state index contributed by atoms with van der Waals surface area (Å²) in [6.45, 7) is 1.94. The van der Waals surface area contributed by atoms with Crippen molar-refractivity contribution in [3.05, 3.63) is 53.6 Å². The fourth-order valence-corrected chi connectivity index (χ4v) is 2.62. The van der Waals surface area contributed by atoms with Crippen LogP contribution in [-0.2, 0) is 11.2 Å². The van der Waals surface area contributed by atoms with Crippen molar-refractivity contribution in [2.24, 2.45) is 0 Å². The lowest BCUT2D eigenvalue weighted by atomic mass is 10.1. The molecule has 25 heavy (non-hydrogen) atoms. The second-order valence-electron chi connectivity index (χ2n) is 5.75. The Morgan fingerprint density at radius 1 is 0.960 bits per heavy atom. The first-order valence-electron chi connectivity index (χ1n) is 8.21. The average molecular weight is 343 g/mol. The Morgan fingerprint density at radius 3 is 2.20 bits per heavy atom. The van der Waals surface area contributed by atoms with Gasteiger partial charge in [0.25, 0.3) is 0 Å². The minimum absolute atomic E-state index is 0.00110. The quantitative estimate of drug-likeness (QED) is 0.797. The number of nitrogens with one attached hydrogen (secondary N) is 1. The third-order valence-corrected chi connectivity index (χ3v) is 4.08. The Kier molecular flexibility index (Phi) is 6.69. The predicted octanol–water partition coefficient (Wildman–Crippen LogP) is 3.52. The SMILES string of the molecule is COc1ccc(CCC(=O)NC(C)c2ccc(OC)cc2OC)cc1. The predicted molar refractivity (Wildman–Crippen MR) is 97.4 cm³/mol. The molecule has 2 aromatic carbocycles. The molecule has 0 aliphatic heterocycles. The first-order chi connectivity index (χ1) is 12.1. The molecule has 0 heterocycles. The molecule has 0 aliphatic rings. The number of benzene rings is 2. The van der Waals surface area contributed by atoms with E-state index in [1.807, 2.05) is 49.4 Å². The molecule has 0 aromatic heterocycles. The van der Waals surface area contributed by atoms with E-state index in [1.54, 1.807) is 21.3 Å². The number of hydrogen-bond donors (Lipinski definition) is 1. The van der Waals surface area contributed by atoms with Gasteiger partial charge in [0.15, 0.2) is 0 Å². The van der Waals surface area contributed by atoms with E-state index in [4.69, 9.17) is 14.2 Å². The second kappa shape index (κ2) is 8.97. The summed E-state index contributed by atoms with van der Waals surface area (Å²) >= 11 is 0. The highest BCUT2D eigenvalue weighted by Crippen LogP contribution is 2.29. The van der Waals surface area contributed by atoms with Crippen molar-refractivity contribution in [1.29, 1.82) is 0 Å². The molecule has 5 heteroatoms. The van der Waals surface area contributed by atoms with Gasteiger partial charge in [-0.05, 0) is 43.2 Å². The molecule has 5 nitrogen and oxygen atoms in total. The fraction of sp³-hybridized carbons (Fsp3) is 0.350. The number of ether oxygens (including phenoxy) is 3. The van der Waals surface area contributed by atoms with E-state index in [2.05, 4.69) is 5.32 Å². The smallest absolute Gasteiger partial charge is 0.220 e. The zero-order chi connectivity index (χ0) is 18.2. The van der Waals surface area contributed by atoms with Crippen LogP contribution in [0.15, 0.2) is 42.5 Å². The third kappa shape index (κ3) is 5.14. The van der Waals surface area contributed by atoms with E-state index in [9.17, 15) is 4.79 Å². The minimum atomic E-state index is -0.149. The van der Waals surface area contributed by atoms with Gasteiger partial charge in [0.1, 0.15) is 17.2 Å². The number of hydrogen-bond acceptors (Lipinski definition) is 4. The van der Waals surface area contributed by atoms with Crippen molar-refractivity contribution in [3.8, 4) is 17.2 Å². The fourth-order valence-electron chi connectivity index (χ4n) is 2.62. The summed E-state index contributed by atoms with van der Waals surface area (Å²) < 4.78 is 15.7. The maximum atomic E-state index is 12.2. The normalized spacial score (nSPS) is 11.5. The van der Waals surface area contributed by atoms with Gasteiger partial charge in [0.2, 0.25) is 5.91 Å². The lowest BCUT2D eigenvalue weighted by Crippen LogP contribution is -2.27. The summed E-state index contributed by atoms with van der Waals surface area (Å²) in [6, 6.07) is 13.2. The Bertz CT molecular complexity index is 697. The van der Waals surface area contributed by atoms with E-state index in [-0.39, 0.29) is 11.9 Å². The van der Waals surface area contributed by atoms with Gasteiger partial charge < -0.3 is 19.5 Å². The summed E-state index contributed by atoms with van der Waals surface area (Å²) in [5.74, 6) is 2.23. The molecule has 0 radical (unpaired) electrons. The number of aryl methyl sites for hydroxylation is 1. The molecule has 2 rings (SSSR count). The molecule has 0 aliphatic carbocycles. The van der Waals surface area contributed by atoms with E-state index in [0.717, 1.165) is 22.6 Å². The number of amides is 1. The highest BCUT2D eigenvalue weighted by molar-refractivity contribution is 5.76. The van der Waals surface area contributed by atoms with Crippen molar-refractivity contribution in [1.82, 2.24) is 5.32 Å². The van der Waals surface area contributed by atoms with Crippen LogP contribution in [0.1, 0.15) is 30.5 Å². The minimum Gasteiger partial charge on any atom is -0.497 e. The summed E-state index contributed by atoms with van der Waals surface area (Å²) in [6.07, 6.45) is 1.11. The molecule has 0 fully saturated rings. The van der Waals surface area contributed by atoms with Crippen LogP contribution >= 0.6 is 0 Å². The van der Waals surface area contributed by atoms with E-state index in [0.29, 0.717) is 18.6 Å². The lowest BCUT2D eigenvalue weighted by Gasteiger charge is -2.18. The van der Waals surface area contributed by atoms with Crippen molar-refractivity contribution in [3.63, 3.8) is 0 Å². The van der Waals surface area contributed by atoms with Crippen LogP contribution in [0.4, 0.5) is 0 Å². The second-order valence-corrected chi connectivity index (χ2v) is 5.75. The van der Waals surface area contributed by atoms with Crippen LogP contribution < -0.4 is 19.5 Å². The first-order valence-corrected chi connectivity index (χ1v) is 8.21. The van der Waals surface area contributed by atoms with Crippen LogP contribution in [0.3, 0.4) is 0 Å². The van der Waals surface area contributed by atoms with Gasteiger partial charge >= 0.3 is 0 Å². The Balaban J connectivity index is 1.93. The molecule has 1 N–H and O–H groups in total. The van der Waals surface area contributed by atoms with Gasteiger partial charge in [0.05, 0.1) is 27.4 Å². The maximum absolute atomic E-state index is 12.2. The van der Waals surface area contributed by atoms with Gasteiger partial charge in [-0.25, -0.2) is 0 Å². The molecule has 1 unspecified atom stereocenters. The standard InChI is InChI=1S/C20H25NO4/c1-14(18-11-10-17(24-3)13-19(18)25-4)21-20(22)12-7-15-5-8-16(23-2)9-6-15/h5-6,8-11,13-14H,7,12H2,1-4H3,(H,21,22). The Morgan fingerprint density at radius 2 is 1.60 bits per heavy atom. The number of methoxy groups -OCH3 is 3. The molecule has 0 spiro atoms. The molecule has 0 saturated carbocycles. The number of carbonyl (C=O) groups is 1. The largest absolute Gasteiger partial charge is 0.497 e. The highest BCUT2D eigenvalue weighted by Gasteiger charge is 2.15. The summed E-state index contributed by atoms with van der Waals surface area (Å²) in [5.41, 5.74) is 2.02. The zero-order valence-electron chi connectivity index (χ0n) is 15.2. The lowest BCUT2D eigenvalue weighted by molar-refractivity contribution is -0.121. The number of rotatable bonds is 8. The van der Waals surface area contributed by atoms with Crippen LogP contribution in [0.2, 0.25) is 0 Å². The molecule has 0 saturated heterocycles. The Hall–Kier alpha value is -2.69. The van der Waals surface area contributed by atoms with Gasteiger partial charge in [0, 0.05) is 18.1 Å². The van der Waals surface area contributed by atoms with Gasteiger partial charge in [-0.15, -0.1) is 0 Å². The van der Waals surface area contributed by atoms with Crippen molar-refractivity contribution < 1.29 is 19.0 Å². The van der Waals surface area contributed by atoms with Crippen molar-refractivity contribution in [2.45, 2.75) is 25.8 Å². The van der Waals surface area contributed by atoms with E-state index >= 15 is 0 Å². The zero-order valence-corrected chi connectivity index (χ0v) is 15.2. The van der Waals surface area contributed by atoms with Gasteiger partial charge in [-0.1, -0.05) is 12.1 Å². The Labute approximate surface area is 148 Å². The molecule has 1 atom stereocenters. The topological polar surface area (TPSA) is 56.8 Å². The van der Waals surface area contributed by atoms with Crippen LogP contribution in [-0.4, -0.2) is 27.2 Å². The molecule has 1 amide bonds. The molecular weight excluding hydrogens is 318 g/mol. The van der Waals surface area contributed by atoms with Crippen LogP contribution in [0, 0.1) is 0 Å². The van der Waals surface area contributed by atoms with Gasteiger partial charge in [-0.2, -0.15) is 0 Å². The highest BCUT2D eigenvalue weighted by atomic mass is 16.5. The maximum Gasteiger partial charge on any atom is 0.220 e. The van der Waals surface area contributed by atoms with Crippen LogP contribution in [0.5, 0.6) is 17.2 Å². The molecule has 2 aromatic rings. The van der Waals surface area contributed by atoms with Crippen LogP contribution in [0.25, 0.3) is 0 Å². The summed E-state index contributed by atoms with van der Waals surface area (Å²) in [5, 5.41) is 3.02. The average Bonchev–Trinajstić information content (AvgIpc) is 2.66. The molecular formula is C20H25NO4. The van der Waals surface area contributed by atoms with Crippen molar-refractivity contribution >= 4 is 5.91 Å². The van der Waals surface area contributed by atoms with Gasteiger partial charge in [-0.3, -0.25) is 4.79 Å².